The lowest BCUT2D eigenvalue weighted by Crippen LogP contribution is -2.26. The number of benzene rings is 1. The van der Waals surface area contributed by atoms with Crippen molar-refractivity contribution in [3.63, 3.8) is 0 Å². The van der Waals surface area contributed by atoms with E-state index in [1.54, 1.807) is 0 Å². The van der Waals surface area contributed by atoms with Crippen molar-refractivity contribution in [3.8, 4) is 5.75 Å². The normalized spacial score (nSPS) is 24.8. The summed E-state index contributed by atoms with van der Waals surface area (Å²) < 4.78 is 11.4. The molecular formula is C18H27NO2. The average molecular weight is 289 g/mol. The van der Waals surface area contributed by atoms with Crippen LogP contribution in [0.1, 0.15) is 49.8 Å². The van der Waals surface area contributed by atoms with Gasteiger partial charge in [-0.15, -0.1) is 0 Å². The van der Waals surface area contributed by atoms with E-state index in [1.165, 1.54) is 36.8 Å². The Balaban J connectivity index is 1.65. The third-order valence-corrected chi connectivity index (χ3v) is 4.58. The largest absolute Gasteiger partial charge is 0.493 e. The maximum Gasteiger partial charge on any atom is 0.119 e. The summed E-state index contributed by atoms with van der Waals surface area (Å²) in [6.45, 7) is 5.84. The van der Waals surface area contributed by atoms with Gasteiger partial charge in [0.1, 0.15) is 5.75 Å². The Kier molecular flexibility index (Phi) is 5.15. The number of rotatable bonds is 6. The predicted molar refractivity (Wildman–Crippen MR) is 84.8 cm³/mol. The first-order chi connectivity index (χ1) is 10.4. The van der Waals surface area contributed by atoms with E-state index in [1.807, 2.05) is 0 Å². The average Bonchev–Trinajstić information content (AvgIpc) is 3.04. The summed E-state index contributed by atoms with van der Waals surface area (Å²) in [7, 11) is 0. The second-order valence-electron chi connectivity index (χ2n) is 6.30. The third-order valence-electron chi connectivity index (χ3n) is 4.58. The zero-order valence-electron chi connectivity index (χ0n) is 13.1. The molecule has 1 N–H and O–H groups in total. The van der Waals surface area contributed by atoms with Crippen molar-refractivity contribution >= 4 is 0 Å². The van der Waals surface area contributed by atoms with Gasteiger partial charge in [-0.2, -0.15) is 0 Å². The minimum Gasteiger partial charge on any atom is -0.493 e. The van der Waals surface area contributed by atoms with Gasteiger partial charge in [-0.05, 0) is 61.9 Å². The second-order valence-corrected chi connectivity index (χ2v) is 6.30. The number of ether oxygens (including phenoxy) is 2. The molecule has 3 heteroatoms. The summed E-state index contributed by atoms with van der Waals surface area (Å²) in [4.78, 5) is 0. The predicted octanol–water partition coefficient (Wildman–Crippen LogP) is 3.48. The first kappa shape index (κ1) is 14.9. The molecule has 0 aromatic heterocycles. The Morgan fingerprint density at radius 3 is 3.10 bits per heavy atom. The van der Waals surface area contributed by atoms with Crippen molar-refractivity contribution in [1.29, 1.82) is 0 Å². The Morgan fingerprint density at radius 1 is 1.33 bits per heavy atom. The Bertz CT molecular complexity index is 455. The van der Waals surface area contributed by atoms with Crippen molar-refractivity contribution in [2.45, 2.75) is 45.1 Å². The molecule has 3 rings (SSSR count). The van der Waals surface area contributed by atoms with Crippen LogP contribution in [0.5, 0.6) is 5.75 Å². The monoisotopic (exact) mass is 289 g/mol. The number of hydrogen-bond donors (Lipinski definition) is 1. The minimum absolute atomic E-state index is 0.507. The van der Waals surface area contributed by atoms with Crippen LogP contribution < -0.4 is 10.1 Å². The second kappa shape index (κ2) is 7.28. The molecule has 1 fully saturated rings. The molecule has 1 aromatic rings. The van der Waals surface area contributed by atoms with Crippen LogP contribution in [0.15, 0.2) is 18.2 Å². The molecule has 1 aromatic carbocycles. The molecule has 2 aliphatic rings. The Labute approximate surface area is 128 Å². The molecule has 21 heavy (non-hydrogen) atoms. The van der Waals surface area contributed by atoms with E-state index in [-0.39, 0.29) is 0 Å². The van der Waals surface area contributed by atoms with Crippen LogP contribution >= 0.6 is 0 Å². The van der Waals surface area contributed by atoms with Crippen LogP contribution in [0.3, 0.4) is 0 Å². The van der Waals surface area contributed by atoms with Gasteiger partial charge >= 0.3 is 0 Å². The van der Waals surface area contributed by atoms with E-state index in [9.17, 15) is 0 Å². The zero-order chi connectivity index (χ0) is 14.5. The Hall–Kier alpha value is -1.06. The fraction of sp³-hybridized carbons (Fsp3) is 0.667. The lowest BCUT2D eigenvalue weighted by Gasteiger charge is -2.27. The number of aryl methyl sites for hydroxylation is 1. The van der Waals surface area contributed by atoms with Crippen molar-refractivity contribution in [3.05, 3.63) is 29.3 Å². The SMILES string of the molecule is CCCNC1CCCc2ccc(OCC3CCOC3)cc21. The molecule has 0 bridgehead atoms. The highest BCUT2D eigenvalue weighted by Crippen LogP contribution is 2.32. The van der Waals surface area contributed by atoms with E-state index >= 15 is 0 Å². The van der Waals surface area contributed by atoms with E-state index < -0.39 is 0 Å². The van der Waals surface area contributed by atoms with Gasteiger partial charge < -0.3 is 14.8 Å². The van der Waals surface area contributed by atoms with Crippen LogP contribution in [0, 0.1) is 5.92 Å². The summed E-state index contributed by atoms with van der Waals surface area (Å²) in [6.07, 6.45) is 6.05. The quantitative estimate of drug-likeness (QED) is 0.869. The van der Waals surface area contributed by atoms with Gasteiger partial charge in [-0.3, -0.25) is 0 Å². The number of fused-ring (bicyclic) bond motifs is 1. The smallest absolute Gasteiger partial charge is 0.119 e. The van der Waals surface area contributed by atoms with Crippen molar-refractivity contribution in [1.82, 2.24) is 5.32 Å². The van der Waals surface area contributed by atoms with Gasteiger partial charge in [0.15, 0.2) is 0 Å². The number of hydrogen-bond acceptors (Lipinski definition) is 3. The molecule has 2 atom stereocenters. The molecule has 1 aliphatic carbocycles. The Morgan fingerprint density at radius 2 is 2.29 bits per heavy atom. The molecule has 0 saturated carbocycles. The molecular weight excluding hydrogens is 262 g/mol. The fourth-order valence-electron chi connectivity index (χ4n) is 3.33. The fourth-order valence-corrected chi connectivity index (χ4v) is 3.33. The highest BCUT2D eigenvalue weighted by atomic mass is 16.5. The highest BCUT2D eigenvalue weighted by Gasteiger charge is 2.21. The van der Waals surface area contributed by atoms with Crippen molar-refractivity contribution in [2.75, 3.05) is 26.4 Å². The van der Waals surface area contributed by atoms with E-state index in [0.29, 0.717) is 12.0 Å². The van der Waals surface area contributed by atoms with E-state index in [2.05, 4.69) is 30.4 Å². The van der Waals surface area contributed by atoms with Gasteiger partial charge in [-0.25, -0.2) is 0 Å². The maximum absolute atomic E-state index is 6.00. The zero-order valence-corrected chi connectivity index (χ0v) is 13.1. The minimum atomic E-state index is 0.507. The molecule has 0 amide bonds. The van der Waals surface area contributed by atoms with Gasteiger partial charge in [0.05, 0.1) is 13.2 Å². The summed E-state index contributed by atoms with van der Waals surface area (Å²) in [5.74, 6) is 1.58. The molecule has 116 valence electrons. The van der Waals surface area contributed by atoms with Crippen LogP contribution in [0.4, 0.5) is 0 Å². The summed E-state index contributed by atoms with van der Waals surface area (Å²) >= 11 is 0. The topological polar surface area (TPSA) is 30.5 Å². The van der Waals surface area contributed by atoms with Crippen LogP contribution in [-0.2, 0) is 11.2 Å². The molecule has 1 heterocycles. The summed E-state index contributed by atoms with van der Waals surface area (Å²) in [5.41, 5.74) is 2.95. The molecule has 1 saturated heterocycles. The first-order valence-electron chi connectivity index (χ1n) is 8.43. The van der Waals surface area contributed by atoms with Crippen LogP contribution in [0.2, 0.25) is 0 Å². The third kappa shape index (κ3) is 3.78. The first-order valence-corrected chi connectivity index (χ1v) is 8.43. The maximum atomic E-state index is 6.00. The van der Waals surface area contributed by atoms with Gasteiger partial charge in [0, 0.05) is 18.6 Å². The summed E-state index contributed by atoms with van der Waals surface area (Å²) in [6, 6.07) is 7.16. The van der Waals surface area contributed by atoms with Crippen molar-refractivity contribution < 1.29 is 9.47 Å². The van der Waals surface area contributed by atoms with E-state index in [4.69, 9.17) is 9.47 Å². The molecule has 0 spiro atoms. The molecule has 2 unspecified atom stereocenters. The lowest BCUT2D eigenvalue weighted by molar-refractivity contribution is 0.167. The van der Waals surface area contributed by atoms with Crippen LogP contribution in [-0.4, -0.2) is 26.4 Å². The number of nitrogens with one attached hydrogen (secondary N) is 1. The lowest BCUT2D eigenvalue weighted by atomic mass is 9.87. The van der Waals surface area contributed by atoms with Gasteiger partial charge in [-0.1, -0.05) is 13.0 Å². The highest BCUT2D eigenvalue weighted by molar-refractivity contribution is 5.39. The molecule has 3 nitrogen and oxygen atoms in total. The molecule has 1 aliphatic heterocycles. The standard InChI is InChI=1S/C18H27NO2/c1-2-9-19-18-5-3-4-15-6-7-16(11-17(15)18)21-13-14-8-10-20-12-14/h6-7,11,14,18-19H,2-5,8-10,12-13H2,1H3. The van der Waals surface area contributed by atoms with Gasteiger partial charge in [0.2, 0.25) is 0 Å². The van der Waals surface area contributed by atoms with Gasteiger partial charge in [0.25, 0.3) is 0 Å². The summed E-state index contributed by atoms with van der Waals surface area (Å²) in [5, 5.41) is 3.68. The van der Waals surface area contributed by atoms with Crippen molar-refractivity contribution in [2.24, 2.45) is 5.92 Å². The van der Waals surface area contributed by atoms with Crippen LogP contribution in [0.25, 0.3) is 0 Å². The van der Waals surface area contributed by atoms with E-state index in [0.717, 1.165) is 38.5 Å². The molecule has 0 radical (unpaired) electrons.